The summed E-state index contributed by atoms with van der Waals surface area (Å²) in [5.41, 5.74) is 2.87. The highest BCUT2D eigenvalue weighted by Gasteiger charge is 2.16. The van der Waals surface area contributed by atoms with E-state index in [2.05, 4.69) is 6.07 Å². The molecule has 0 aliphatic rings. The maximum Gasteiger partial charge on any atom is 0.168 e. The van der Waals surface area contributed by atoms with Crippen molar-refractivity contribution in [2.24, 2.45) is 0 Å². The highest BCUT2D eigenvalue weighted by Crippen LogP contribution is 2.40. The zero-order chi connectivity index (χ0) is 13.7. The van der Waals surface area contributed by atoms with Crippen molar-refractivity contribution >= 4 is 0 Å². The first-order valence-electron chi connectivity index (χ1n) is 5.98. The summed E-state index contributed by atoms with van der Waals surface area (Å²) < 4.78 is 10.8. The van der Waals surface area contributed by atoms with Gasteiger partial charge in [0.05, 0.1) is 26.7 Å². The lowest BCUT2D eigenvalue weighted by molar-refractivity contribution is 0.356. The molecule has 2 aromatic rings. The standard InChI is InChI=1S/C16H15NO2/c1-18-14-9-8-13(10-11-17)15(16(14)19-2)12-6-4-3-5-7-12/h3-9H,10H2,1-2H3. The van der Waals surface area contributed by atoms with E-state index in [-0.39, 0.29) is 0 Å². The lowest BCUT2D eigenvalue weighted by Gasteiger charge is -2.16. The van der Waals surface area contributed by atoms with Crippen LogP contribution in [-0.4, -0.2) is 14.2 Å². The molecule has 3 heteroatoms. The Balaban J connectivity index is 2.70. The first kappa shape index (κ1) is 13.0. The molecule has 0 heterocycles. The first-order chi connectivity index (χ1) is 9.31. The Morgan fingerprint density at radius 2 is 1.74 bits per heavy atom. The summed E-state index contributed by atoms with van der Waals surface area (Å²) in [4.78, 5) is 0. The number of ether oxygens (including phenoxy) is 2. The summed E-state index contributed by atoms with van der Waals surface area (Å²) >= 11 is 0. The Kier molecular flexibility index (Phi) is 4.04. The van der Waals surface area contributed by atoms with Gasteiger partial charge in [-0.1, -0.05) is 36.4 Å². The van der Waals surface area contributed by atoms with Crippen LogP contribution < -0.4 is 9.47 Å². The average Bonchev–Trinajstić information content (AvgIpc) is 2.47. The summed E-state index contributed by atoms with van der Waals surface area (Å²) in [6, 6.07) is 15.8. The van der Waals surface area contributed by atoms with Crippen LogP contribution in [0.2, 0.25) is 0 Å². The van der Waals surface area contributed by atoms with Gasteiger partial charge < -0.3 is 9.47 Å². The minimum absolute atomic E-state index is 0.338. The van der Waals surface area contributed by atoms with Crippen molar-refractivity contribution in [2.75, 3.05) is 14.2 Å². The molecule has 0 unspecified atom stereocenters. The monoisotopic (exact) mass is 253 g/mol. The van der Waals surface area contributed by atoms with Crippen LogP contribution in [0.15, 0.2) is 42.5 Å². The lowest BCUT2D eigenvalue weighted by atomic mass is 9.96. The predicted octanol–water partition coefficient (Wildman–Crippen LogP) is 3.44. The lowest BCUT2D eigenvalue weighted by Crippen LogP contribution is -1.97. The van der Waals surface area contributed by atoms with Gasteiger partial charge in [-0.3, -0.25) is 0 Å². The van der Waals surface area contributed by atoms with Gasteiger partial charge in [-0.05, 0) is 17.2 Å². The summed E-state index contributed by atoms with van der Waals surface area (Å²) in [6.07, 6.45) is 0.338. The molecule has 0 saturated carbocycles. The smallest absolute Gasteiger partial charge is 0.168 e. The van der Waals surface area contributed by atoms with Crippen LogP contribution in [0.1, 0.15) is 5.56 Å². The summed E-state index contributed by atoms with van der Waals surface area (Å²) in [5.74, 6) is 1.34. The number of rotatable bonds is 4. The van der Waals surface area contributed by atoms with Crippen molar-refractivity contribution in [3.8, 4) is 28.7 Å². The quantitative estimate of drug-likeness (QED) is 0.838. The van der Waals surface area contributed by atoms with E-state index in [1.165, 1.54) is 0 Å². The second-order valence-corrected chi connectivity index (χ2v) is 4.04. The van der Waals surface area contributed by atoms with Gasteiger partial charge >= 0.3 is 0 Å². The van der Waals surface area contributed by atoms with Crippen LogP contribution in [0, 0.1) is 11.3 Å². The number of methoxy groups -OCH3 is 2. The molecule has 0 fully saturated rings. The normalized spacial score (nSPS) is 9.74. The van der Waals surface area contributed by atoms with Gasteiger partial charge in [0.15, 0.2) is 11.5 Å². The van der Waals surface area contributed by atoms with E-state index in [1.807, 2.05) is 42.5 Å². The first-order valence-corrected chi connectivity index (χ1v) is 5.98. The molecule has 0 saturated heterocycles. The minimum atomic E-state index is 0.338. The maximum atomic E-state index is 8.96. The number of benzene rings is 2. The van der Waals surface area contributed by atoms with Crippen molar-refractivity contribution in [3.63, 3.8) is 0 Å². The third-order valence-corrected chi connectivity index (χ3v) is 2.96. The largest absolute Gasteiger partial charge is 0.493 e. The zero-order valence-electron chi connectivity index (χ0n) is 11.0. The molecule has 2 aromatic carbocycles. The Hall–Kier alpha value is -2.47. The van der Waals surface area contributed by atoms with Crippen molar-refractivity contribution in [3.05, 3.63) is 48.0 Å². The Bertz CT molecular complexity index is 600. The van der Waals surface area contributed by atoms with Crippen LogP contribution in [0.4, 0.5) is 0 Å². The number of hydrogen-bond acceptors (Lipinski definition) is 3. The van der Waals surface area contributed by atoms with Crippen LogP contribution in [0.5, 0.6) is 11.5 Å². The molecule has 0 aliphatic carbocycles. The SMILES string of the molecule is COc1ccc(CC#N)c(-c2ccccc2)c1OC. The highest BCUT2D eigenvalue weighted by atomic mass is 16.5. The van der Waals surface area contributed by atoms with Crippen LogP contribution in [-0.2, 0) is 6.42 Å². The fourth-order valence-electron chi connectivity index (χ4n) is 2.12. The molecule has 0 N–H and O–H groups in total. The molecule has 19 heavy (non-hydrogen) atoms. The molecule has 0 aromatic heterocycles. The summed E-state index contributed by atoms with van der Waals surface area (Å²) in [6.45, 7) is 0. The van der Waals surface area contributed by atoms with Crippen molar-refractivity contribution in [2.45, 2.75) is 6.42 Å². The highest BCUT2D eigenvalue weighted by molar-refractivity contribution is 5.77. The Labute approximate surface area is 113 Å². The molecule has 3 nitrogen and oxygen atoms in total. The topological polar surface area (TPSA) is 42.2 Å². The fourth-order valence-corrected chi connectivity index (χ4v) is 2.12. The van der Waals surface area contributed by atoms with Crippen molar-refractivity contribution in [1.82, 2.24) is 0 Å². The second kappa shape index (κ2) is 5.92. The molecule has 0 atom stereocenters. The van der Waals surface area contributed by atoms with Crippen molar-refractivity contribution < 1.29 is 9.47 Å². The number of nitriles is 1. The molecule has 96 valence electrons. The van der Waals surface area contributed by atoms with Crippen LogP contribution in [0.3, 0.4) is 0 Å². The third-order valence-electron chi connectivity index (χ3n) is 2.96. The third kappa shape index (κ3) is 2.53. The predicted molar refractivity (Wildman–Crippen MR) is 74.3 cm³/mol. The molecule has 0 bridgehead atoms. The number of nitrogens with zero attached hydrogens (tertiary/aromatic N) is 1. The minimum Gasteiger partial charge on any atom is -0.493 e. The molecule has 2 rings (SSSR count). The molecular weight excluding hydrogens is 238 g/mol. The van der Waals surface area contributed by atoms with E-state index in [4.69, 9.17) is 14.7 Å². The second-order valence-electron chi connectivity index (χ2n) is 4.04. The molecule has 0 amide bonds. The van der Waals surface area contributed by atoms with E-state index >= 15 is 0 Å². The van der Waals surface area contributed by atoms with Crippen molar-refractivity contribution in [1.29, 1.82) is 5.26 Å². The van der Waals surface area contributed by atoms with E-state index in [0.717, 1.165) is 16.7 Å². The summed E-state index contributed by atoms with van der Waals surface area (Å²) in [5, 5.41) is 8.96. The van der Waals surface area contributed by atoms with Gasteiger partial charge in [-0.2, -0.15) is 5.26 Å². The number of hydrogen-bond donors (Lipinski definition) is 0. The van der Waals surface area contributed by atoms with Gasteiger partial charge in [0.25, 0.3) is 0 Å². The van der Waals surface area contributed by atoms with E-state index in [1.54, 1.807) is 14.2 Å². The molecular formula is C16H15NO2. The van der Waals surface area contributed by atoms with Gasteiger partial charge in [0.2, 0.25) is 0 Å². The van der Waals surface area contributed by atoms with Gasteiger partial charge in [-0.15, -0.1) is 0 Å². The van der Waals surface area contributed by atoms with Gasteiger partial charge in [0.1, 0.15) is 0 Å². The van der Waals surface area contributed by atoms with Crippen LogP contribution in [0.25, 0.3) is 11.1 Å². The zero-order valence-corrected chi connectivity index (χ0v) is 11.0. The Morgan fingerprint density at radius 1 is 1.00 bits per heavy atom. The average molecular weight is 253 g/mol. The molecule has 0 radical (unpaired) electrons. The van der Waals surface area contributed by atoms with Gasteiger partial charge in [0, 0.05) is 5.56 Å². The van der Waals surface area contributed by atoms with Gasteiger partial charge in [-0.25, -0.2) is 0 Å². The van der Waals surface area contributed by atoms with Crippen LogP contribution >= 0.6 is 0 Å². The Morgan fingerprint density at radius 3 is 2.32 bits per heavy atom. The fraction of sp³-hybridized carbons (Fsp3) is 0.188. The summed E-state index contributed by atoms with van der Waals surface area (Å²) in [7, 11) is 3.22. The maximum absolute atomic E-state index is 8.96. The molecule has 0 aliphatic heterocycles. The van der Waals surface area contributed by atoms with E-state index in [0.29, 0.717) is 17.9 Å². The van der Waals surface area contributed by atoms with E-state index < -0.39 is 0 Å². The molecule has 0 spiro atoms. The van der Waals surface area contributed by atoms with E-state index in [9.17, 15) is 0 Å².